The number of hydrogen-bond acceptors (Lipinski definition) is 3. The third-order valence-electron chi connectivity index (χ3n) is 5.00. The number of nitrogens with one attached hydrogen (secondary N) is 1. The summed E-state index contributed by atoms with van der Waals surface area (Å²) >= 11 is 3.54. The highest BCUT2D eigenvalue weighted by molar-refractivity contribution is 9.10. The minimum Gasteiger partial charge on any atom is -0.312 e. The van der Waals surface area contributed by atoms with Crippen molar-refractivity contribution in [1.29, 1.82) is 0 Å². The summed E-state index contributed by atoms with van der Waals surface area (Å²) in [5.41, 5.74) is 2.44. The second-order valence-electron chi connectivity index (χ2n) is 6.97. The quantitative estimate of drug-likeness (QED) is 0.620. The van der Waals surface area contributed by atoms with Gasteiger partial charge in [0.05, 0.1) is 12.7 Å². The SMILES string of the molecule is O=C(Nc1ccnn1Cc1ccccc1Br)c1ccc(N2CCCCC2=O)cc1. The molecule has 1 saturated heterocycles. The van der Waals surface area contributed by atoms with Crippen LogP contribution in [-0.2, 0) is 11.3 Å². The summed E-state index contributed by atoms with van der Waals surface area (Å²) in [6.45, 7) is 1.28. The van der Waals surface area contributed by atoms with E-state index in [0.717, 1.165) is 35.1 Å². The van der Waals surface area contributed by atoms with E-state index in [0.29, 0.717) is 24.3 Å². The molecule has 7 heteroatoms. The Morgan fingerprint density at radius 3 is 2.62 bits per heavy atom. The molecule has 1 fully saturated rings. The molecular formula is C22H21BrN4O2. The van der Waals surface area contributed by atoms with Crippen LogP contribution in [0.3, 0.4) is 0 Å². The molecular weight excluding hydrogens is 432 g/mol. The average molecular weight is 453 g/mol. The Morgan fingerprint density at radius 1 is 1.07 bits per heavy atom. The molecule has 6 nitrogen and oxygen atoms in total. The van der Waals surface area contributed by atoms with Gasteiger partial charge in [-0.3, -0.25) is 9.59 Å². The van der Waals surface area contributed by atoms with Crippen molar-refractivity contribution < 1.29 is 9.59 Å². The van der Waals surface area contributed by atoms with Crippen LogP contribution in [0.15, 0.2) is 65.3 Å². The van der Waals surface area contributed by atoms with Crippen molar-refractivity contribution in [1.82, 2.24) is 9.78 Å². The van der Waals surface area contributed by atoms with Crippen molar-refractivity contribution in [3.8, 4) is 0 Å². The first-order chi connectivity index (χ1) is 14.1. The van der Waals surface area contributed by atoms with E-state index in [-0.39, 0.29) is 11.8 Å². The van der Waals surface area contributed by atoms with E-state index in [1.807, 2.05) is 36.4 Å². The largest absolute Gasteiger partial charge is 0.312 e. The molecule has 0 radical (unpaired) electrons. The van der Waals surface area contributed by atoms with Gasteiger partial charge in [-0.1, -0.05) is 34.1 Å². The molecule has 2 amide bonds. The summed E-state index contributed by atoms with van der Waals surface area (Å²) in [5, 5.41) is 7.24. The number of hydrogen-bond donors (Lipinski definition) is 1. The van der Waals surface area contributed by atoms with E-state index in [2.05, 4.69) is 26.3 Å². The second kappa shape index (κ2) is 8.61. The Kier molecular flexibility index (Phi) is 5.76. The molecule has 1 aliphatic rings. The molecule has 0 spiro atoms. The molecule has 29 heavy (non-hydrogen) atoms. The molecule has 3 aromatic rings. The Labute approximate surface area is 177 Å². The molecule has 4 rings (SSSR count). The summed E-state index contributed by atoms with van der Waals surface area (Å²) < 4.78 is 2.74. The van der Waals surface area contributed by atoms with Gasteiger partial charge in [0, 0.05) is 34.8 Å². The van der Waals surface area contributed by atoms with Crippen LogP contribution in [0.2, 0.25) is 0 Å². The highest BCUT2D eigenvalue weighted by atomic mass is 79.9. The van der Waals surface area contributed by atoms with Crippen LogP contribution in [0.4, 0.5) is 11.5 Å². The topological polar surface area (TPSA) is 67.2 Å². The van der Waals surface area contributed by atoms with Crippen LogP contribution in [-0.4, -0.2) is 28.1 Å². The van der Waals surface area contributed by atoms with Gasteiger partial charge < -0.3 is 10.2 Å². The van der Waals surface area contributed by atoms with E-state index in [9.17, 15) is 9.59 Å². The lowest BCUT2D eigenvalue weighted by molar-refractivity contribution is -0.119. The van der Waals surface area contributed by atoms with Crippen molar-refractivity contribution in [2.24, 2.45) is 0 Å². The first-order valence-corrected chi connectivity index (χ1v) is 10.4. The first kappa shape index (κ1) is 19.4. The lowest BCUT2D eigenvalue weighted by atomic mass is 10.1. The monoisotopic (exact) mass is 452 g/mol. The molecule has 1 N–H and O–H groups in total. The first-order valence-electron chi connectivity index (χ1n) is 9.59. The smallest absolute Gasteiger partial charge is 0.256 e. The average Bonchev–Trinajstić information content (AvgIpc) is 3.17. The van der Waals surface area contributed by atoms with Gasteiger partial charge in [0.25, 0.3) is 5.91 Å². The van der Waals surface area contributed by atoms with Gasteiger partial charge >= 0.3 is 0 Å². The molecule has 2 heterocycles. The van der Waals surface area contributed by atoms with Crippen molar-refractivity contribution in [3.05, 3.63) is 76.4 Å². The summed E-state index contributed by atoms with van der Waals surface area (Å²) in [4.78, 5) is 26.6. The number of carbonyl (C=O) groups excluding carboxylic acids is 2. The third-order valence-corrected chi connectivity index (χ3v) is 5.77. The fourth-order valence-electron chi connectivity index (χ4n) is 3.41. The van der Waals surface area contributed by atoms with Gasteiger partial charge in [0.2, 0.25) is 5.91 Å². The standard InChI is InChI=1S/C22H21BrN4O2/c23-19-6-2-1-5-17(19)15-27-20(12-13-24-27)25-22(29)16-8-10-18(11-9-16)26-14-4-3-7-21(26)28/h1-2,5-6,8-13H,3-4,7,14-15H2,(H,25,29). The molecule has 148 valence electrons. The number of carbonyl (C=O) groups is 2. The molecule has 0 unspecified atom stereocenters. The zero-order valence-electron chi connectivity index (χ0n) is 15.8. The van der Waals surface area contributed by atoms with Gasteiger partial charge in [-0.05, 0) is 48.7 Å². The van der Waals surface area contributed by atoms with Crippen LogP contribution in [0, 0.1) is 0 Å². The number of benzene rings is 2. The van der Waals surface area contributed by atoms with E-state index in [1.54, 1.807) is 34.0 Å². The minimum atomic E-state index is -0.213. The molecule has 1 aromatic heterocycles. The maximum absolute atomic E-state index is 12.7. The molecule has 0 atom stereocenters. The number of piperidine rings is 1. The lowest BCUT2D eigenvalue weighted by Crippen LogP contribution is -2.35. The number of aromatic nitrogens is 2. The normalized spacial score (nSPS) is 14.1. The maximum atomic E-state index is 12.7. The van der Waals surface area contributed by atoms with Crippen LogP contribution >= 0.6 is 15.9 Å². The molecule has 2 aromatic carbocycles. The van der Waals surface area contributed by atoms with Gasteiger partial charge in [-0.25, -0.2) is 4.68 Å². The Bertz CT molecular complexity index is 1030. The number of rotatable bonds is 5. The molecule has 0 saturated carbocycles. The summed E-state index contributed by atoms with van der Waals surface area (Å²) in [7, 11) is 0. The fraction of sp³-hybridized carbons (Fsp3) is 0.227. The number of anilines is 2. The molecule has 0 bridgehead atoms. The van der Waals surface area contributed by atoms with Crippen molar-refractivity contribution in [2.75, 3.05) is 16.8 Å². The summed E-state index contributed by atoms with van der Waals surface area (Å²) in [6.07, 6.45) is 4.21. The van der Waals surface area contributed by atoms with Crippen molar-refractivity contribution >= 4 is 39.2 Å². The molecule has 1 aliphatic heterocycles. The van der Waals surface area contributed by atoms with Gasteiger partial charge in [-0.15, -0.1) is 0 Å². The second-order valence-corrected chi connectivity index (χ2v) is 7.82. The van der Waals surface area contributed by atoms with Gasteiger partial charge in [0.15, 0.2) is 0 Å². The van der Waals surface area contributed by atoms with Crippen LogP contribution in [0.5, 0.6) is 0 Å². The third kappa shape index (κ3) is 4.40. The van der Waals surface area contributed by atoms with Crippen LogP contribution in [0.25, 0.3) is 0 Å². The highest BCUT2D eigenvalue weighted by Crippen LogP contribution is 2.22. The lowest BCUT2D eigenvalue weighted by Gasteiger charge is -2.26. The minimum absolute atomic E-state index is 0.143. The number of nitrogens with zero attached hydrogens (tertiary/aromatic N) is 3. The van der Waals surface area contributed by atoms with Gasteiger partial charge in [0.1, 0.15) is 5.82 Å². The van der Waals surface area contributed by atoms with Crippen LogP contribution < -0.4 is 10.2 Å². The Morgan fingerprint density at radius 2 is 1.86 bits per heavy atom. The van der Waals surface area contributed by atoms with E-state index >= 15 is 0 Å². The Hall–Kier alpha value is -2.93. The fourth-order valence-corrected chi connectivity index (χ4v) is 3.82. The Balaban J connectivity index is 1.46. The van der Waals surface area contributed by atoms with Crippen molar-refractivity contribution in [3.63, 3.8) is 0 Å². The predicted molar refractivity (Wildman–Crippen MR) is 116 cm³/mol. The zero-order chi connectivity index (χ0) is 20.2. The van der Waals surface area contributed by atoms with E-state index < -0.39 is 0 Å². The van der Waals surface area contributed by atoms with E-state index in [4.69, 9.17) is 0 Å². The summed E-state index contributed by atoms with van der Waals surface area (Å²) in [5.74, 6) is 0.556. The number of halogens is 1. The van der Waals surface area contributed by atoms with E-state index in [1.165, 1.54) is 0 Å². The molecule has 0 aliphatic carbocycles. The summed E-state index contributed by atoms with van der Waals surface area (Å²) in [6, 6.07) is 16.9. The zero-order valence-corrected chi connectivity index (χ0v) is 17.4. The predicted octanol–water partition coefficient (Wildman–Crippen LogP) is 4.46. The number of amides is 2. The van der Waals surface area contributed by atoms with Crippen LogP contribution in [0.1, 0.15) is 35.2 Å². The van der Waals surface area contributed by atoms with Gasteiger partial charge in [-0.2, -0.15) is 5.10 Å². The maximum Gasteiger partial charge on any atom is 0.256 e. The highest BCUT2D eigenvalue weighted by Gasteiger charge is 2.20. The van der Waals surface area contributed by atoms with Crippen molar-refractivity contribution in [2.45, 2.75) is 25.8 Å².